The van der Waals surface area contributed by atoms with Gasteiger partial charge in [-0.2, -0.15) is 0 Å². The molecule has 0 bridgehead atoms. The third-order valence-corrected chi connectivity index (χ3v) is 4.01. The van der Waals surface area contributed by atoms with Crippen LogP contribution in [0.3, 0.4) is 0 Å². The number of amides is 2. The maximum atomic E-state index is 13.7. The summed E-state index contributed by atoms with van der Waals surface area (Å²) in [7, 11) is -3.38. The Morgan fingerprint density at radius 2 is 1.88 bits per heavy atom. The van der Waals surface area contributed by atoms with Crippen molar-refractivity contribution in [2.45, 2.75) is 19.9 Å². The summed E-state index contributed by atoms with van der Waals surface area (Å²) < 4.78 is 38.7. The molecule has 1 unspecified atom stereocenters. The van der Waals surface area contributed by atoms with Crippen molar-refractivity contribution in [1.82, 2.24) is 5.32 Å². The highest BCUT2D eigenvalue weighted by molar-refractivity contribution is 7.92. The minimum atomic E-state index is -3.38. The average Bonchev–Trinajstić information content (AvgIpc) is 2.49. The molecule has 0 saturated carbocycles. The van der Waals surface area contributed by atoms with Crippen LogP contribution in [-0.2, 0) is 10.0 Å². The zero-order valence-electron chi connectivity index (χ0n) is 14.1. The van der Waals surface area contributed by atoms with Gasteiger partial charge >= 0.3 is 6.03 Å². The molecular weight excluding hydrogens is 345 g/mol. The van der Waals surface area contributed by atoms with Crippen molar-refractivity contribution in [3.05, 3.63) is 59.4 Å². The lowest BCUT2D eigenvalue weighted by molar-refractivity contribution is 0.249. The predicted octanol–water partition coefficient (Wildman–Crippen LogP) is 3.39. The van der Waals surface area contributed by atoms with E-state index in [-0.39, 0.29) is 5.69 Å². The number of carbonyl (C=O) groups excluding carboxylic acids is 1. The quantitative estimate of drug-likeness (QED) is 0.759. The van der Waals surface area contributed by atoms with E-state index < -0.39 is 27.9 Å². The van der Waals surface area contributed by atoms with E-state index in [1.54, 1.807) is 44.2 Å². The maximum Gasteiger partial charge on any atom is 0.319 e. The molecule has 0 spiro atoms. The number of hydrogen-bond donors (Lipinski definition) is 3. The van der Waals surface area contributed by atoms with Gasteiger partial charge < -0.3 is 10.6 Å². The topological polar surface area (TPSA) is 87.3 Å². The molecule has 134 valence electrons. The first-order chi connectivity index (χ1) is 11.6. The second-order valence-corrected chi connectivity index (χ2v) is 7.55. The number of rotatable bonds is 5. The van der Waals surface area contributed by atoms with Crippen LogP contribution in [0.1, 0.15) is 24.1 Å². The zero-order chi connectivity index (χ0) is 18.6. The third kappa shape index (κ3) is 5.75. The Morgan fingerprint density at radius 3 is 2.56 bits per heavy atom. The minimum Gasteiger partial charge on any atom is -0.331 e. The fourth-order valence-electron chi connectivity index (χ4n) is 2.26. The Morgan fingerprint density at radius 1 is 1.16 bits per heavy atom. The van der Waals surface area contributed by atoms with Crippen LogP contribution in [0.25, 0.3) is 0 Å². The number of benzene rings is 2. The van der Waals surface area contributed by atoms with Crippen molar-refractivity contribution >= 4 is 27.4 Å². The van der Waals surface area contributed by atoms with Gasteiger partial charge in [0, 0.05) is 5.69 Å². The van der Waals surface area contributed by atoms with Crippen molar-refractivity contribution in [3.63, 3.8) is 0 Å². The molecule has 0 aliphatic rings. The Balaban J connectivity index is 2.06. The molecular formula is C17H20FN3O3S. The fraction of sp³-hybridized carbons (Fsp3) is 0.235. The van der Waals surface area contributed by atoms with E-state index in [1.165, 1.54) is 12.1 Å². The minimum absolute atomic E-state index is 0.0946. The lowest BCUT2D eigenvalue weighted by atomic mass is 10.1. The molecule has 1 atom stereocenters. The summed E-state index contributed by atoms with van der Waals surface area (Å²) in [4.78, 5) is 12.1. The van der Waals surface area contributed by atoms with Gasteiger partial charge in [-0.3, -0.25) is 4.72 Å². The summed E-state index contributed by atoms with van der Waals surface area (Å²) in [5, 5.41) is 5.16. The monoisotopic (exact) mass is 365 g/mol. The van der Waals surface area contributed by atoms with Crippen molar-refractivity contribution in [2.75, 3.05) is 16.3 Å². The lowest BCUT2D eigenvalue weighted by Gasteiger charge is -2.16. The van der Waals surface area contributed by atoms with Crippen LogP contribution in [0.2, 0.25) is 0 Å². The van der Waals surface area contributed by atoms with E-state index in [1.807, 2.05) is 0 Å². The van der Waals surface area contributed by atoms with E-state index >= 15 is 0 Å². The number of nitrogens with one attached hydrogen (secondary N) is 3. The summed E-state index contributed by atoms with van der Waals surface area (Å²) in [6.07, 6.45) is 1.06. The Labute approximate surface area is 146 Å². The lowest BCUT2D eigenvalue weighted by Crippen LogP contribution is -2.31. The van der Waals surface area contributed by atoms with Gasteiger partial charge in [-0.1, -0.05) is 18.2 Å². The number of anilines is 2. The highest BCUT2D eigenvalue weighted by atomic mass is 32.2. The Bertz CT molecular complexity index is 884. The maximum absolute atomic E-state index is 13.7. The summed E-state index contributed by atoms with van der Waals surface area (Å²) >= 11 is 0. The van der Waals surface area contributed by atoms with Crippen LogP contribution in [0.15, 0.2) is 42.5 Å². The van der Waals surface area contributed by atoms with Gasteiger partial charge in [-0.05, 0) is 49.2 Å². The number of aryl methyl sites for hydroxylation is 1. The number of hydrogen-bond acceptors (Lipinski definition) is 3. The van der Waals surface area contributed by atoms with Gasteiger partial charge in [0.05, 0.1) is 18.0 Å². The summed E-state index contributed by atoms with van der Waals surface area (Å²) in [6.45, 7) is 3.54. The normalized spacial score (nSPS) is 12.3. The smallest absolute Gasteiger partial charge is 0.319 e. The first-order valence-corrected chi connectivity index (χ1v) is 9.44. The van der Waals surface area contributed by atoms with E-state index in [0.717, 1.165) is 11.8 Å². The summed E-state index contributed by atoms with van der Waals surface area (Å²) in [6, 6.07) is 10.1. The number of urea groups is 1. The molecule has 6 nitrogen and oxygen atoms in total. The van der Waals surface area contributed by atoms with Crippen molar-refractivity contribution in [3.8, 4) is 0 Å². The molecule has 0 aliphatic carbocycles. The molecule has 0 heterocycles. The SMILES string of the molecule is Cc1ccc(F)c(NC(=O)NC(C)c2cccc(NS(C)(=O)=O)c2)c1. The summed E-state index contributed by atoms with van der Waals surface area (Å²) in [5.74, 6) is -0.521. The fourth-order valence-corrected chi connectivity index (χ4v) is 2.81. The molecule has 0 aromatic heterocycles. The largest absolute Gasteiger partial charge is 0.331 e. The first kappa shape index (κ1) is 18.7. The number of carbonyl (C=O) groups is 1. The predicted molar refractivity (Wildman–Crippen MR) is 96.6 cm³/mol. The molecule has 0 saturated heterocycles. The van der Waals surface area contributed by atoms with E-state index in [9.17, 15) is 17.6 Å². The second kappa shape index (κ2) is 7.52. The van der Waals surface area contributed by atoms with Gasteiger partial charge in [-0.25, -0.2) is 17.6 Å². The van der Waals surface area contributed by atoms with E-state index in [2.05, 4.69) is 15.4 Å². The van der Waals surface area contributed by atoms with Crippen LogP contribution in [0, 0.1) is 12.7 Å². The average molecular weight is 365 g/mol. The summed E-state index contributed by atoms with van der Waals surface area (Å²) in [5.41, 5.74) is 2.02. The van der Waals surface area contributed by atoms with Gasteiger partial charge in [-0.15, -0.1) is 0 Å². The van der Waals surface area contributed by atoms with Crippen LogP contribution in [-0.4, -0.2) is 20.7 Å². The van der Waals surface area contributed by atoms with Crippen LogP contribution in [0.4, 0.5) is 20.6 Å². The second-order valence-electron chi connectivity index (χ2n) is 5.80. The zero-order valence-corrected chi connectivity index (χ0v) is 14.9. The molecule has 25 heavy (non-hydrogen) atoms. The Hall–Kier alpha value is -2.61. The molecule has 2 amide bonds. The first-order valence-electron chi connectivity index (χ1n) is 7.55. The molecule has 8 heteroatoms. The van der Waals surface area contributed by atoms with Crippen molar-refractivity contribution < 1.29 is 17.6 Å². The molecule has 2 aromatic carbocycles. The molecule has 0 radical (unpaired) electrons. The van der Waals surface area contributed by atoms with E-state index in [4.69, 9.17) is 0 Å². The van der Waals surface area contributed by atoms with Gasteiger partial charge in [0.1, 0.15) is 5.82 Å². The van der Waals surface area contributed by atoms with Crippen LogP contribution >= 0.6 is 0 Å². The van der Waals surface area contributed by atoms with Gasteiger partial charge in [0.2, 0.25) is 10.0 Å². The molecule has 0 aliphatic heterocycles. The molecule has 0 fully saturated rings. The van der Waals surface area contributed by atoms with Crippen molar-refractivity contribution in [2.24, 2.45) is 0 Å². The Kier molecular flexibility index (Phi) is 5.63. The van der Waals surface area contributed by atoms with Gasteiger partial charge in [0.25, 0.3) is 0 Å². The van der Waals surface area contributed by atoms with Gasteiger partial charge in [0.15, 0.2) is 0 Å². The highest BCUT2D eigenvalue weighted by Gasteiger charge is 2.12. The molecule has 2 rings (SSSR count). The van der Waals surface area contributed by atoms with Crippen LogP contribution in [0.5, 0.6) is 0 Å². The standard InChI is InChI=1S/C17H20FN3O3S/c1-11-7-8-15(18)16(9-11)20-17(22)19-12(2)13-5-4-6-14(10-13)21-25(3,23)24/h4-10,12,21H,1-3H3,(H2,19,20,22). The number of halogens is 1. The third-order valence-electron chi connectivity index (χ3n) is 3.41. The van der Waals surface area contributed by atoms with Crippen LogP contribution < -0.4 is 15.4 Å². The molecule has 3 N–H and O–H groups in total. The van der Waals surface area contributed by atoms with Crippen molar-refractivity contribution in [1.29, 1.82) is 0 Å². The highest BCUT2D eigenvalue weighted by Crippen LogP contribution is 2.19. The van der Waals surface area contributed by atoms with E-state index in [0.29, 0.717) is 11.3 Å². The molecule has 2 aromatic rings. The number of sulfonamides is 1.